The monoisotopic (exact) mass is 346 g/mol. The highest BCUT2D eigenvalue weighted by Crippen LogP contribution is 2.44. The molecule has 0 heterocycles. The third kappa shape index (κ3) is 2.67. The van der Waals surface area contributed by atoms with Crippen LogP contribution in [-0.4, -0.2) is 9.13 Å². The third-order valence-electron chi connectivity index (χ3n) is 3.45. The number of rotatable bonds is 3. The van der Waals surface area contributed by atoms with Crippen LogP contribution in [0.5, 0.6) is 0 Å². The van der Waals surface area contributed by atoms with Crippen molar-refractivity contribution in [3.8, 4) is 11.1 Å². The van der Waals surface area contributed by atoms with E-state index in [1.165, 1.54) is 24.3 Å². The van der Waals surface area contributed by atoms with Gasteiger partial charge in [0.05, 0.1) is 31.3 Å². The highest BCUT2D eigenvalue weighted by molar-refractivity contribution is 7.85. The first kappa shape index (κ1) is 15.5. The van der Waals surface area contributed by atoms with Gasteiger partial charge in [-0.1, -0.05) is 41.9 Å². The largest absolute Gasteiger partial charge is 0.396 e. The van der Waals surface area contributed by atoms with Crippen LogP contribution in [0.25, 0.3) is 11.1 Å². The highest BCUT2D eigenvalue weighted by Gasteiger charge is 2.24. The molecule has 1 aromatic carbocycles. The maximum atomic E-state index is 12.9. The Balaban J connectivity index is 2.12. The van der Waals surface area contributed by atoms with Crippen molar-refractivity contribution in [2.24, 2.45) is 0 Å². The summed E-state index contributed by atoms with van der Waals surface area (Å²) in [7, 11) is -1.59. The number of nitrogens with zero attached hydrogens (tertiary/aromatic N) is 1. The predicted octanol–water partition coefficient (Wildman–Crippen LogP) is 4.10. The van der Waals surface area contributed by atoms with Crippen molar-refractivity contribution in [1.82, 2.24) is 0 Å². The summed E-state index contributed by atoms with van der Waals surface area (Å²) in [5.74, 6) is 0. The normalized spacial score (nSPS) is 12.2. The van der Waals surface area contributed by atoms with Crippen LogP contribution in [0.15, 0.2) is 64.4 Å². The summed E-state index contributed by atoms with van der Waals surface area (Å²) in [6.45, 7) is 0. The molecule has 0 bridgehead atoms. The van der Waals surface area contributed by atoms with Crippen molar-refractivity contribution in [2.45, 2.75) is 9.79 Å². The second kappa shape index (κ2) is 5.98. The van der Waals surface area contributed by atoms with E-state index < -0.39 is 15.7 Å². The van der Waals surface area contributed by atoms with Gasteiger partial charge in [-0.05, 0) is 12.1 Å². The van der Waals surface area contributed by atoms with Crippen molar-refractivity contribution >= 4 is 33.8 Å². The van der Waals surface area contributed by atoms with Crippen molar-refractivity contribution < 1.29 is 9.13 Å². The van der Waals surface area contributed by atoms with Crippen molar-refractivity contribution in [1.29, 1.82) is 0 Å². The van der Waals surface area contributed by atoms with Gasteiger partial charge in [0.2, 0.25) is 0 Å². The highest BCUT2D eigenvalue weighted by atomic mass is 35.5. The van der Waals surface area contributed by atoms with Crippen molar-refractivity contribution in [3.63, 3.8) is 0 Å². The topological polar surface area (TPSA) is 86.2 Å². The first-order valence-corrected chi connectivity index (χ1v) is 8.15. The van der Waals surface area contributed by atoms with Crippen LogP contribution in [0.1, 0.15) is 0 Å². The zero-order valence-electron chi connectivity index (χ0n) is 11.7. The quantitative estimate of drug-likeness (QED) is 0.571. The number of halogens is 1. The molecule has 0 spiro atoms. The van der Waals surface area contributed by atoms with Gasteiger partial charge in [-0.25, -0.2) is 4.21 Å². The van der Waals surface area contributed by atoms with Crippen LogP contribution in [0.4, 0.5) is 11.4 Å². The molecule has 1 atom stereocenters. The van der Waals surface area contributed by atoms with E-state index in [1.807, 2.05) is 24.3 Å². The minimum absolute atomic E-state index is 0.0597. The van der Waals surface area contributed by atoms with Gasteiger partial charge in [-0.2, -0.15) is 0 Å². The molecule has 2 N–H and O–H groups in total. The predicted molar refractivity (Wildman–Crippen MR) is 90.3 cm³/mol. The van der Waals surface area contributed by atoms with E-state index in [0.29, 0.717) is 20.4 Å². The fourth-order valence-electron chi connectivity index (χ4n) is 2.34. The Morgan fingerprint density at radius 2 is 1.61 bits per heavy atom. The molecule has 0 fully saturated rings. The number of nitro benzene ring substituents is 1. The number of benzene rings is 1. The fraction of sp³-hybridized carbons (Fsp3) is 0. The molecule has 0 amide bonds. The third-order valence-corrected chi connectivity index (χ3v) is 5.37. The first-order valence-electron chi connectivity index (χ1n) is 6.62. The number of nitrogens with two attached hydrogens (primary N) is 1. The van der Waals surface area contributed by atoms with Crippen molar-refractivity contribution in [3.05, 3.63) is 69.7 Å². The molecule has 0 saturated carbocycles. The first-order chi connectivity index (χ1) is 11.0. The van der Waals surface area contributed by atoms with E-state index in [1.54, 1.807) is 6.07 Å². The van der Waals surface area contributed by atoms with Gasteiger partial charge in [-0.3, -0.25) is 10.1 Å². The molecule has 0 aromatic heterocycles. The molecule has 116 valence electrons. The Kier molecular flexibility index (Phi) is 4.02. The molecule has 7 heteroatoms. The van der Waals surface area contributed by atoms with Crippen LogP contribution in [0.2, 0.25) is 5.02 Å². The Morgan fingerprint density at radius 1 is 1.00 bits per heavy atom. The minimum atomic E-state index is -1.59. The van der Waals surface area contributed by atoms with E-state index in [2.05, 4.69) is 0 Å². The van der Waals surface area contributed by atoms with Crippen LogP contribution in [0.3, 0.4) is 0 Å². The van der Waals surface area contributed by atoms with E-state index in [0.717, 1.165) is 5.56 Å². The zero-order chi connectivity index (χ0) is 16.6. The second-order valence-electron chi connectivity index (χ2n) is 4.81. The summed E-state index contributed by atoms with van der Waals surface area (Å²) in [5, 5.41) is 11.1. The maximum absolute atomic E-state index is 12.9. The molecule has 0 radical (unpaired) electrons. The average molecular weight is 347 g/mol. The van der Waals surface area contributed by atoms with Gasteiger partial charge >= 0.3 is 0 Å². The Morgan fingerprint density at radius 3 is 2.22 bits per heavy atom. The average Bonchev–Trinajstić information content (AvgIpc) is 2.73. The molecule has 5 nitrogen and oxygen atoms in total. The van der Waals surface area contributed by atoms with Gasteiger partial charge in [0, 0.05) is 28.2 Å². The summed E-state index contributed by atoms with van der Waals surface area (Å²) < 4.78 is 12.9. The van der Waals surface area contributed by atoms with Gasteiger partial charge in [0.25, 0.3) is 5.69 Å². The number of nitro groups is 1. The van der Waals surface area contributed by atoms with Gasteiger partial charge in [0.1, 0.15) is 0 Å². The molecule has 2 aliphatic rings. The van der Waals surface area contributed by atoms with E-state index in [-0.39, 0.29) is 11.4 Å². The molecule has 1 aromatic rings. The number of hydrogen-bond donors (Lipinski definition) is 1. The Bertz CT molecular complexity index is 896. The van der Waals surface area contributed by atoms with Gasteiger partial charge < -0.3 is 5.73 Å². The Hall–Kier alpha value is -2.44. The SMILES string of the molecule is Nc1c(Cl)c2cccccc-2c1S(=O)c1ccc([N+](=O)[O-])cc1. The summed E-state index contributed by atoms with van der Waals surface area (Å²) in [4.78, 5) is 11.1. The number of non-ortho nitro benzene ring substituents is 1. The smallest absolute Gasteiger partial charge is 0.269 e. The van der Waals surface area contributed by atoms with Gasteiger partial charge in [-0.15, -0.1) is 0 Å². The second-order valence-corrected chi connectivity index (χ2v) is 6.61. The minimum Gasteiger partial charge on any atom is -0.396 e. The zero-order valence-corrected chi connectivity index (χ0v) is 13.3. The Labute approximate surface area is 139 Å². The molecular formula is C16H11ClN2O3S. The summed E-state index contributed by atoms with van der Waals surface area (Å²) in [5.41, 5.74) is 7.67. The standard InChI is InChI=1S/C16H11ClN2O3S/c17-14-12-4-2-1-3-5-13(12)16(15(14)18)23(22)11-8-6-10(7-9-11)19(20)21/h1-9H,18H2. The van der Waals surface area contributed by atoms with Crippen LogP contribution >= 0.6 is 11.6 Å². The number of hydrogen-bond acceptors (Lipinski definition) is 4. The lowest BCUT2D eigenvalue weighted by Crippen LogP contribution is -1.97. The van der Waals surface area contributed by atoms with E-state index >= 15 is 0 Å². The van der Waals surface area contributed by atoms with Gasteiger partial charge in [0.15, 0.2) is 0 Å². The van der Waals surface area contributed by atoms with Crippen LogP contribution < -0.4 is 5.73 Å². The summed E-state index contributed by atoms with van der Waals surface area (Å²) >= 11 is 6.25. The summed E-state index contributed by atoms with van der Waals surface area (Å²) in [6, 6.07) is 14.6. The lowest BCUT2D eigenvalue weighted by atomic mass is 10.2. The van der Waals surface area contributed by atoms with Crippen LogP contribution in [-0.2, 0) is 10.8 Å². The molecular weight excluding hydrogens is 336 g/mol. The van der Waals surface area contributed by atoms with Crippen molar-refractivity contribution in [2.75, 3.05) is 5.73 Å². The molecule has 0 saturated heterocycles. The lowest BCUT2D eigenvalue weighted by molar-refractivity contribution is -0.384. The number of fused-ring (bicyclic) bond motifs is 1. The molecule has 3 rings (SSSR count). The number of anilines is 1. The van der Waals surface area contributed by atoms with E-state index in [4.69, 9.17) is 17.3 Å². The number of nitrogen functional groups attached to an aromatic ring is 1. The maximum Gasteiger partial charge on any atom is 0.269 e. The molecule has 23 heavy (non-hydrogen) atoms. The van der Waals surface area contributed by atoms with E-state index in [9.17, 15) is 14.3 Å². The van der Waals surface area contributed by atoms with Crippen LogP contribution in [0, 0.1) is 10.1 Å². The summed E-state index contributed by atoms with van der Waals surface area (Å²) in [6.07, 6.45) is 0. The lowest BCUT2D eigenvalue weighted by Gasteiger charge is -2.04. The molecule has 0 aliphatic heterocycles. The molecule has 2 aliphatic carbocycles. The molecule has 1 unspecified atom stereocenters. The fourth-order valence-corrected chi connectivity index (χ4v) is 3.95.